The highest BCUT2D eigenvalue weighted by Gasteiger charge is 2.33. The van der Waals surface area contributed by atoms with Gasteiger partial charge in [0.05, 0.1) is 5.60 Å². The second-order valence-electron chi connectivity index (χ2n) is 5.00. The molecule has 1 fully saturated rings. The molecule has 0 spiro atoms. The first-order valence-corrected chi connectivity index (χ1v) is 5.75. The summed E-state index contributed by atoms with van der Waals surface area (Å²) in [5.74, 6) is 0.360. The van der Waals surface area contributed by atoms with Crippen molar-refractivity contribution in [3.05, 3.63) is 12.2 Å². The molecule has 0 radical (unpaired) electrons. The summed E-state index contributed by atoms with van der Waals surface area (Å²) >= 11 is 0. The van der Waals surface area contributed by atoms with E-state index in [1.807, 2.05) is 11.8 Å². The number of aliphatic hydroxyl groups is 1. The molecular formula is C12H19NO2. The predicted molar refractivity (Wildman–Crippen MR) is 58.3 cm³/mol. The van der Waals surface area contributed by atoms with Gasteiger partial charge in [-0.05, 0) is 32.6 Å². The van der Waals surface area contributed by atoms with Crippen molar-refractivity contribution in [2.45, 2.75) is 38.2 Å². The third-order valence-electron chi connectivity index (χ3n) is 3.34. The monoisotopic (exact) mass is 209 g/mol. The molecule has 1 aliphatic heterocycles. The van der Waals surface area contributed by atoms with Crippen LogP contribution in [0.3, 0.4) is 0 Å². The highest BCUT2D eigenvalue weighted by molar-refractivity contribution is 5.79. The zero-order chi connectivity index (χ0) is 10.9. The fourth-order valence-corrected chi connectivity index (χ4v) is 2.49. The van der Waals surface area contributed by atoms with E-state index in [0.717, 1.165) is 32.2 Å². The lowest BCUT2D eigenvalue weighted by atomic mass is 9.93. The number of carbonyl (C=O) groups is 1. The highest BCUT2D eigenvalue weighted by Crippen LogP contribution is 2.25. The van der Waals surface area contributed by atoms with E-state index in [2.05, 4.69) is 12.2 Å². The summed E-state index contributed by atoms with van der Waals surface area (Å²) in [5, 5.41) is 9.93. The van der Waals surface area contributed by atoms with E-state index in [1.165, 1.54) is 0 Å². The van der Waals surface area contributed by atoms with Gasteiger partial charge in [0, 0.05) is 19.0 Å². The Hall–Kier alpha value is -0.830. The van der Waals surface area contributed by atoms with Crippen molar-refractivity contribution in [2.24, 2.45) is 5.92 Å². The topological polar surface area (TPSA) is 40.5 Å². The van der Waals surface area contributed by atoms with Crippen molar-refractivity contribution in [1.29, 1.82) is 0 Å². The first kappa shape index (κ1) is 10.7. The Morgan fingerprint density at radius 2 is 2.13 bits per heavy atom. The van der Waals surface area contributed by atoms with Crippen LogP contribution in [0.5, 0.6) is 0 Å². The van der Waals surface area contributed by atoms with Gasteiger partial charge in [-0.2, -0.15) is 0 Å². The summed E-state index contributed by atoms with van der Waals surface area (Å²) in [6.07, 6.45) is 7.61. The average molecular weight is 209 g/mol. The molecule has 0 aromatic carbocycles. The van der Waals surface area contributed by atoms with Crippen molar-refractivity contribution in [1.82, 2.24) is 4.90 Å². The molecule has 1 heterocycles. The molecule has 2 aliphatic rings. The van der Waals surface area contributed by atoms with Gasteiger partial charge < -0.3 is 10.0 Å². The van der Waals surface area contributed by atoms with Crippen LogP contribution in [0.4, 0.5) is 0 Å². The van der Waals surface area contributed by atoms with Gasteiger partial charge in [0.2, 0.25) is 5.91 Å². The first-order valence-electron chi connectivity index (χ1n) is 5.75. The van der Waals surface area contributed by atoms with Crippen molar-refractivity contribution in [3.8, 4) is 0 Å². The third kappa shape index (κ3) is 2.40. The molecule has 3 heteroatoms. The Labute approximate surface area is 90.8 Å². The van der Waals surface area contributed by atoms with Crippen LogP contribution in [0.1, 0.15) is 32.6 Å². The number of allylic oxidation sites excluding steroid dienone is 2. The predicted octanol–water partition coefficient (Wildman–Crippen LogP) is 1.33. The molecule has 0 aromatic rings. The van der Waals surface area contributed by atoms with E-state index in [1.54, 1.807) is 0 Å². The van der Waals surface area contributed by atoms with Gasteiger partial charge in [0.15, 0.2) is 0 Å². The van der Waals surface area contributed by atoms with Crippen LogP contribution in [0.2, 0.25) is 0 Å². The van der Waals surface area contributed by atoms with Crippen LogP contribution in [0, 0.1) is 5.92 Å². The van der Waals surface area contributed by atoms with Gasteiger partial charge in [-0.3, -0.25) is 4.79 Å². The molecule has 1 atom stereocenters. The molecule has 84 valence electrons. The van der Waals surface area contributed by atoms with Crippen molar-refractivity contribution in [2.75, 3.05) is 13.1 Å². The van der Waals surface area contributed by atoms with Crippen molar-refractivity contribution < 1.29 is 9.90 Å². The second-order valence-corrected chi connectivity index (χ2v) is 5.00. The second kappa shape index (κ2) is 3.97. The average Bonchev–Trinajstić information content (AvgIpc) is 2.67. The minimum absolute atomic E-state index is 0.138. The molecule has 0 saturated carbocycles. The molecule has 1 unspecified atom stereocenters. The van der Waals surface area contributed by atoms with Crippen LogP contribution in [0.25, 0.3) is 0 Å². The minimum atomic E-state index is -0.681. The van der Waals surface area contributed by atoms with Crippen LogP contribution < -0.4 is 0 Å². The smallest absolute Gasteiger partial charge is 0.226 e. The quantitative estimate of drug-likeness (QED) is 0.662. The van der Waals surface area contributed by atoms with Crippen LogP contribution in [-0.2, 0) is 4.79 Å². The number of hydrogen-bond acceptors (Lipinski definition) is 2. The van der Waals surface area contributed by atoms with E-state index in [4.69, 9.17) is 0 Å². The summed E-state index contributed by atoms with van der Waals surface area (Å²) < 4.78 is 0. The Bertz CT molecular complexity index is 275. The normalized spacial score (nSPS) is 32.3. The number of carbonyl (C=O) groups excluding carboxylic acids is 1. The van der Waals surface area contributed by atoms with Gasteiger partial charge in [0.25, 0.3) is 0 Å². The molecule has 15 heavy (non-hydrogen) atoms. The zero-order valence-electron chi connectivity index (χ0n) is 9.28. The van der Waals surface area contributed by atoms with E-state index >= 15 is 0 Å². The largest absolute Gasteiger partial charge is 0.388 e. The minimum Gasteiger partial charge on any atom is -0.388 e. The van der Waals surface area contributed by atoms with Crippen LogP contribution >= 0.6 is 0 Å². The lowest BCUT2D eigenvalue weighted by Gasteiger charge is -2.38. The standard InChI is InChI=1S/C12H19NO2/c1-12(15)7-4-8-13(9-12)11(14)10-5-2-3-6-10/h2-3,10,15H,4-9H2,1H3. The molecule has 3 nitrogen and oxygen atoms in total. The van der Waals surface area contributed by atoms with E-state index < -0.39 is 5.60 Å². The van der Waals surface area contributed by atoms with Crippen LogP contribution in [0.15, 0.2) is 12.2 Å². The SMILES string of the molecule is CC1(O)CCCN(C(=O)C2CC=CC2)C1. The molecule has 1 amide bonds. The molecular weight excluding hydrogens is 190 g/mol. The molecule has 0 bridgehead atoms. The first-order chi connectivity index (χ1) is 7.08. The van der Waals surface area contributed by atoms with Gasteiger partial charge in [0.1, 0.15) is 0 Å². The number of β-amino-alcohol motifs (C(OH)–C–C–N with tert-alkyl or cyclic N) is 1. The van der Waals surface area contributed by atoms with Crippen molar-refractivity contribution in [3.63, 3.8) is 0 Å². The van der Waals surface area contributed by atoms with E-state index in [0.29, 0.717) is 6.54 Å². The van der Waals surface area contributed by atoms with Gasteiger partial charge in [-0.1, -0.05) is 12.2 Å². The number of nitrogens with zero attached hydrogens (tertiary/aromatic N) is 1. The van der Waals surface area contributed by atoms with Crippen molar-refractivity contribution >= 4 is 5.91 Å². The Balaban J connectivity index is 1.95. The molecule has 2 rings (SSSR count). The lowest BCUT2D eigenvalue weighted by molar-refractivity contribution is -0.141. The van der Waals surface area contributed by atoms with Gasteiger partial charge in [-0.15, -0.1) is 0 Å². The number of piperidine rings is 1. The lowest BCUT2D eigenvalue weighted by Crippen LogP contribution is -2.50. The summed E-state index contributed by atoms with van der Waals surface area (Å²) in [5.41, 5.74) is -0.681. The zero-order valence-corrected chi connectivity index (χ0v) is 9.28. The number of hydrogen-bond donors (Lipinski definition) is 1. The Kier molecular flexibility index (Phi) is 2.83. The highest BCUT2D eigenvalue weighted by atomic mass is 16.3. The fourth-order valence-electron chi connectivity index (χ4n) is 2.49. The third-order valence-corrected chi connectivity index (χ3v) is 3.34. The maximum absolute atomic E-state index is 12.1. The molecule has 0 aromatic heterocycles. The number of rotatable bonds is 1. The molecule has 1 saturated heterocycles. The Morgan fingerprint density at radius 3 is 2.73 bits per heavy atom. The Morgan fingerprint density at radius 1 is 1.47 bits per heavy atom. The van der Waals surface area contributed by atoms with E-state index in [9.17, 15) is 9.90 Å². The van der Waals surface area contributed by atoms with E-state index in [-0.39, 0.29) is 11.8 Å². The fraction of sp³-hybridized carbons (Fsp3) is 0.750. The molecule has 1 N–H and O–H groups in total. The number of amides is 1. The number of likely N-dealkylation sites (tertiary alicyclic amines) is 1. The maximum Gasteiger partial charge on any atom is 0.226 e. The van der Waals surface area contributed by atoms with Gasteiger partial charge >= 0.3 is 0 Å². The summed E-state index contributed by atoms with van der Waals surface area (Å²) in [6.45, 7) is 3.13. The maximum atomic E-state index is 12.1. The summed E-state index contributed by atoms with van der Waals surface area (Å²) in [4.78, 5) is 13.9. The summed E-state index contributed by atoms with van der Waals surface area (Å²) in [7, 11) is 0. The van der Waals surface area contributed by atoms with Crippen LogP contribution in [-0.4, -0.2) is 34.6 Å². The summed E-state index contributed by atoms with van der Waals surface area (Å²) in [6, 6.07) is 0. The van der Waals surface area contributed by atoms with Gasteiger partial charge in [-0.25, -0.2) is 0 Å². The molecule has 1 aliphatic carbocycles.